The average Bonchev–Trinajstić information content (AvgIpc) is 3.22. The molecule has 0 saturated heterocycles. The predicted octanol–water partition coefficient (Wildman–Crippen LogP) is 3.00. The van der Waals surface area contributed by atoms with E-state index in [0.717, 1.165) is 39.2 Å². The van der Waals surface area contributed by atoms with E-state index in [1.54, 1.807) is 10.9 Å². The van der Waals surface area contributed by atoms with Crippen molar-refractivity contribution in [2.45, 2.75) is 27.3 Å². The molecule has 0 fully saturated rings. The topological polar surface area (TPSA) is 88.5 Å². The first-order chi connectivity index (χ1) is 13.0. The summed E-state index contributed by atoms with van der Waals surface area (Å²) in [5.41, 5.74) is 5.22. The van der Waals surface area contributed by atoms with E-state index in [9.17, 15) is 4.79 Å². The Kier molecular flexibility index (Phi) is 4.19. The van der Waals surface area contributed by atoms with E-state index in [2.05, 4.69) is 25.6 Å². The number of carbonyl (C=O) groups is 1. The molecule has 0 bridgehead atoms. The maximum atomic E-state index is 12.5. The standard InChI is InChI=1S/C20H20N6O/c1-12-4-6-17-16(8-12)19(24-23-17)20(27)22-11-15-5-7-18(21-10-15)26-14(3)9-13(2)25-26/h4-10H,11H2,1-3H3,(H,22,27)(H,23,24). The van der Waals surface area contributed by atoms with E-state index in [1.807, 2.05) is 57.2 Å². The third-order valence-electron chi connectivity index (χ3n) is 4.42. The number of aromatic amines is 1. The van der Waals surface area contributed by atoms with Crippen molar-refractivity contribution in [2.24, 2.45) is 0 Å². The zero-order chi connectivity index (χ0) is 19.0. The van der Waals surface area contributed by atoms with E-state index in [0.29, 0.717) is 12.2 Å². The van der Waals surface area contributed by atoms with Gasteiger partial charge in [-0.1, -0.05) is 17.7 Å². The Balaban J connectivity index is 1.47. The summed E-state index contributed by atoms with van der Waals surface area (Å²) in [5.74, 6) is 0.541. The van der Waals surface area contributed by atoms with Crippen LogP contribution >= 0.6 is 0 Å². The molecule has 3 heterocycles. The third kappa shape index (κ3) is 3.31. The number of nitrogens with one attached hydrogen (secondary N) is 2. The van der Waals surface area contributed by atoms with Crippen molar-refractivity contribution in [3.05, 3.63) is 70.8 Å². The van der Waals surface area contributed by atoms with Crippen LogP contribution in [0.25, 0.3) is 16.7 Å². The van der Waals surface area contributed by atoms with Gasteiger partial charge in [0.25, 0.3) is 5.91 Å². The lowest BCUT2D eigenvalue weighted by atomic mass is 10.1. The van der Waals surface area contributed by atoms with E-state index in [4.69, 9.17) is 0 Å². The van der Waals surface area contributed by atoms with Crippen molar-refractivity contribution in [3.8, 4) is 5.82 Å². The lowest BCUT2D eigenvalue weighted by Crippen LogP contribution is -2.23. The van der Waals surface area contributed by atoms with Gasteiger partial charge in [-0.25, -0.2) is 9.67 Å². The number of benzene rings is 1. The quantitative estimate of drug-likeness (QED) is 0.585. The van der Waals surface area contributed by atoms with Gasteiger partial charge in [0.05, 0.1) is 11.2 Å². The summed E-state index contributed by atoms with van der Waals surface area (Å²) in [6.07, 6.45) is 1.75. The summed E-state index contributed by atoms with van der Waals surface area (Å²) < 4.78 is 1.80. The first-order valence-corrected chi connectivity index (χ1v) is 8.73. The fourth-order valence-electron chi connectivity index (χ4n) is 3.07. The fourth-order valence-corrected chi connectivity index (χ4v) is 3.07. The molecule has 2 N–H and O–H groups in total. The zero-order valence-corrected chi connectivity index (χ0v) is 15.4. The highest BCUT2D eigenvalue weighted by atomic mass is 16.1. The molecule has 7 heteroatoms. The summed E-state index contributed by atoms with van der Waals surface area (Å²) in [6.45, 7) is 6.31. The molecule has 27 heavy (non-hydrogen) atoms. The first kappa shape index (κ1) is 17.0. The van der Waals surface area contributed by atoms with Crippen molar-refractivity contribution >= 4 is 16.8 Å². The molecule has 3 aromatic heterocycles. The molecule has 1 aromatic carbocycles. The van der Waals surface area contributed by atoms with Gasteiger partial charge in [0.2, 0.25) is 0 Å². The number of nitrogens with zero attached hydrogens (tertiary/aromatic N) is 4. The van der Waals surface area contributed by atoms with Crippen molar-refractivity contribution < 1.29 is 4.79 Å². The number of carbonyl (C=O) groups excluding carboxylic acids is 1. The van der Waals surface area contributed by atoms with Crippen LogP contribution in [0.4, 0.5) is 0 Å². The highest BCUT2D eigenvalue weighted by Crippen LogP contribution is 2.17. The van der Waals surface area contributed by atoms with E-state index < -0.39 is 0 Å². The van der Waals surface area contributed by atoms with Crippen LogP contribution in [0.1, 0.15) is 33.0 Å². The van der Waals surface area contributed by atoms with Crippen molar-refractivity contribution in [3.63, 3.8) is 0 Å². The summed E-state index contributed by atoms with van der Waals surface area (Å²) >= 11 is 0. The van der Waals surface area contributed by atoms with E-state index >= 15 is 0 Å². The molecule has 0 aliphatic rings. The van der Waals surface area contributed by atoms with Crippen molar-refractivity contribution in [1.82, 2.24) is 30.3 Å². The Labute approximate surface area is 156 Å². The maximum absolute atomic E-state index is 12.5. The van der Waals surface area contributed by atoms with Gasteiger partial charge in [-0.2, -0.15) is 10.2 Å². The number of fused-ring (bicyclic) bond motifs is 1. The molecular weight excluding hydrogens is 340 g/mol. The summed E-state index contributed by atoms with van der Waals surface area (Å²) in [5, 5.41) is 15.2. The van der Waals surface area contributed by atoms with Crippen LogP contribution in [0.2, 0.25) is 0 Å². The number of pyridine rings is 1. The summed E-state index contributed by atoms with van der Waals surface area (Å²) in [4.78, 5) is 17.0. The fraction of sp³-hybridized carbons (Fsp3) is 0.200. The van der Waals surface area contributed by atoms with Gasteiger partial charge in [-0.15, -0.1) is 0 Å². The minimum absolute atomic E-state index is 0.213. The SMILES string of the molecule is Cc1ccc2[nH]nc(C(=O)NCc3ccc(-n4nc(C)cc4C)nc3)c2c1. The Bertz CT molecular complexity index is 1120. The lowest BCUT2D eigenvalue weighted by Gasteiger charge is -2.06. The first-order valence-electron chi connectivity index (χ1n) is 8.73. The average molecular weight is 360 g/mol. The Morgan fingerprint density at radius 2 is 2.00 bits per heavy atom. The second kappa shape index (κ2) is 6.68. The summed E-state index contributed by atoms with van der Waals surface area (Å²) in [7, 11) is 0. The van der Waals surface area contributed by atoms with Crippen LogP contribution in [-0.2, 0) is 6.54 Å². The van der Waals surface area contributed by atoms with Crippen LogP contribution in [0.5, 0.6) is 0 Å². The predicted molar refractivity (Wildman–Crippen MR) is 103 cm³/mol. The van der Waals surface area contributed by atoms with Gasteiger partial charge >= 0.3 is 0 Å². The number of H-pyrrole nitrogens is 1. The van der Waals surface area contributed by atoms with Gasteiger partial charge in [0, 0.05) is 23.8 Å². The van der Waals surface area contributed by atoms with E-state index in [-0.39, 0.29) is 5.91 Å². The molecule has 1 amide bonds. The van der Waals surface area contributed by atoms with Gasteiger partial charge in [-0.05, 0) is 50.6 Å². The molecule has 0 radical (unpaired) electrons. The van der Waals surface area contributed by atoms with E-state index in [1.165, 1.54) is 0 Å². The molecule has 0 aliphatic carbocycles. The van der Waals surface area contributed by atoms with Crippen LogP contribution in [0.3, 0.4) is 0 Å². The summed E-state index contributed by atoms with van der Waals surface area (Å²) in [6, 6.07) is 11.7. The number of hydrogen-bond donors (Lipinski definition) is 2. The number of rotatable bonds is 4. The van der Waals surface area contributed by atoms with Crippen LogP contribution in [0, 0.1) is 20.8 Å². The van der Waals surface area contributed by atoms with Gasteiger partial charge in [-0.3, -0.25) is 9.89 Å². The number of hydrogen-bond acceptors (Lipinski definition) is 4. The zero-order valence-electron chi connectivity index (χ0n) is 15.4. The van der Waals surface area contributed by atoms with Gasteiger partial charge < -0.3 is 5.32 Å². The molecule has 0 saturated carbocycles. The Hall–Kier alpha value is -3.48. The molecule has 4 aromatic rings. The highest BCUT2D eigenvalue weighted by molar-refractivity contribution is 6.04. The largest absolute Gasteiger partial charge is 0.346 e. The molecule has 0 aliphatic heterocycles. The van der Waals surface area contributed by atoms with Crippen molar-refractivity contribution in [1.29, 1.82) is 0 Å². The minimum Gasteiger partial charge on any atom is -0.346 e. The highest BCUT2D eigenvalue weighted by Gasteiger charge is 2.14. The van der Waals surface area contributed by atoms with Crippen molar-refractivity contribution in [2.75, 3.05) is 0 Å². The van der Waals surface area contributed by atoms with Gasteiger partial charge in [0.15, 0.2) is 11.5 Å². The molecule has 136 valence electrons. The number of aryl methyl sites for hydroxylation is 3. The molecule has 7 nitrogen and oxygen atoms in total. The Morgan fingerprint density at radius 1 is 1.15 bits per heavy atom. The molecule has 0 atom stereocenters. The molecule has 0 spiro atoms. The second-order valence-corrected chi connectivity index (χ2v) is 6.67. The normalized spacial score (nSPS) is 11.1. The monoisotopic (exact) mass is 360 g/mol. The number of amides is 1. The van der Waals surface area contributed by atoms with Crippen LogP contribution < -0.4 is 5.32 Å². The molecule has 0 unspecified atom stereocenters. The molecule has 4 rings (SSSR count). The number of aromatic nitrogens is 5. The van der Waals surface area contributed by atoms with Gasteiger partial charge in [0.1, 0.15) is 0 Å². The smallest absolute Gasteiger partial charge is 0.272 e. The minimum atomic E-state index is -0.213. The molecular formula is C20H20N6O. The lowest BCUT2D eigenvalue weighted by molar-refractivity contribution is 0.0947. The van der Waals surface area contributed by atoms with Crippen LogP contribution in [-0.4, -0.2) is 30.9 Å². The third-order valence-corrected chi connectivity index (χ3v) is 4.42. The van der Waals surface area contributed by atoms with Crippen LogP contribution in [0.15, 0.2) is 42.6 Å². The second-order valence-electron chi connectivity index (χ2n) is 6.67. The Morgan fingerprint density at radius 3 is 2.70 bits per heavy atom. The maximum Gasteiger partial charge on any atom is 0.272 e.